The SMILES string of the molecule is CCCNC(CCC)CN1CCC(N(C)C)C1. The van der Waals surface area contributed by atoms with Gasteiger partial charge < -0.3 is 15.1 Å². The Morgan fingerprint density at radius 1 is 1.29 bits per heavy atom. The van der Waals surface area contributed by atoms with E-state index < -0.39 is 0 Å². The Morgan fingerprint density at radius 3 is 2.59 bits per heavy atom. The first-order valence-corrected chi connectivity index (χ1v) is 7.29. The molecule has 0 amide bonds. The second-order valence-electron chi connectivity index (χ2n) is 5.61. The zero-order valence-corrected chi connectivity index (χ0v) is 12.2. The molecule has 0 aromatic rings. The van der Waals surface area contributed by atoms with Gasteiger partial charge in [-0.05, 0) is 46.4 Å². The molecule has 3 nitrogen and oxygen atoms in total. The minimum Gasteiger partial charge on any atom is -0.313 e. The molecule has 0 saturated carbocycles. The number of likely N-dealkylation sites (tertiary alicyclic amines) is 1. The Bertz CT molecular complexity index is 194. The molecule has 1 heterocycles. The van der Waals surface area contributed by atoms with Crippen molar-refractivity contribution < 1.29 is 0 Å². The van der Waals surface area contributed by atoms with Crippen molar-refractivity contribution in [2.75, 3.05) is 40.3 Å². The van der Waals surface area contributed by atoms with Crippen molar-refractivity contribution in [1.82, 2.24) is 15.1 Å². The first-order valence-electron chi connectivity index (χ1n) is 7.29. The van der Waals surface area contributed by atoms with Gasteiger partial charge in [0.05, 0.1) is 0 Å². The predicted molar refractivity (Wildman–Crippen MR) is 75.5 cm³/mol. The van der Waals surface area contributed by atoms with E-state index in [0.29, 0.717) is 6.04 Å². The zero-order chi connectivity index (χ0) is 12.7. The Morgan fingerprint density at radius 2 is 2.06 bits per heavy atom. The fourth-order valence-electron chi connectivity index (χ4n) is 2.67. The van der Waals surface area contributed by atoms with E-state index in [2.05, 4.69) is 43.1 Å². The summed E-state index contributed by atoms with van der Waals surface area (Å²) in [6.07, 6.45) is 5.16. The molecule has 2 unspecified atom stereocenters. The summed E-state index contributed by atoms with van der Waals surface area (Å²) >= 11 is 0. The molecule has 102 valence electrons. The van der Waals surface area contributed by atoms with Crippen LogP contribution >= 0.6 is 0 Å². The van der Waals surface area contributed by atoms with Crippen molar-refractivity contribution >= 4 is 0 Å². The van der Waals surface area contributed by atoms with Gasteiger partial charge in [0.2, 0.25) is 0 Å². The number of likely N-dealkylation sites (N-methyl/N-ethyl adjacent to an activating group) is 1. The molecule has 17 heavy (non-hydrogen) atoms. The van der Waals surface area contributed by atoms with Gasteiger partial charge in [-0.15, -0.1) is 0 Å². The maximum atomic E-state index is 3.69. The lowest BCUT2D eigenvalue weighted by atomic mass is 10.1. The molecule has 0 bridgehead atoms. The standard InChI is InChI=1S/C14H31N3/c1-5-7-13(15-9-6-2)11-17-10-8-14(12-17)16(3)4/h13-15H,5-12H2,1-4H3. The number of hydrogen-bond donors (Lipinski definition) is 1. The molecule has 0 aliphatic carbocycles. The number of nitrogens with one attached hydrogen (secondary N) is 1. The van der Waals surface area contributed by atoms with E-state index in [1.807, 2.05) is 0 Å². The van der Waals surface area contributed by atoms with E-state index in [-0.39, 0.29) is 0 Å². The van der Waals surface area contributed by atoms with Gasteiger partial charge in [0.15, 0.2) is 0 Å². The molecule has 0 aromatic heterocycles. The summed E-state index contributed by atoms with van der Waals surface area (Å²) in [5.74, 6) is 0. The highest BCUT2D eigenvalue weighted by Crippen LogP contribution is 2.14. The van der Waals surface area contributed by atoms with Gasteiger partial charge in [-0.1, -0.05) is 20.3 Å². The third-order valence-electron chi connectivity index (χ3n) is 3.78. The van der Waals surface area contributed by atoms with Crippen molar-refractivity contribution in [3.05, 3.63) is 0 Å². The van der Waals surface area contributed by atoms with Crippen molar-refractivity contribution in [2.24, 2.45) is 0 Å². The number of nitrogens with zero attached hydrogens (tertiary/aromatic N) is 2. The molecule has 1 aliphatic rings. The summed E-state index contributed by atoms with van der Waals surface area (Å²) in [4.78, 5) is 5.00. The molecular formula is C14H31N3. The molecule has 3 heteroatoms. The second kappa shape index (κ2) is 8.06. The zero-order valence-electron chi connectivity index (χ0n) is 12.2. The fraction of sp³-hybridized carbons (Fsp3) is 1.00. The maximum Gasteiger partial charge on any atom is 0.0229 e. The summed E-state index contributed by atoms with van der Waals surface area (Å²) in [6, 6.07) is 1.46. The van der Waals surface area contributed by atoms with Crippen LogP contribution in [0.15, 0.2) is 0 Å². The lowest BCUT2D eigenvalue weighted by molar-refractivity contribution is 0.245. The van der Waals surface area contributed by atoms with Crippen LogP contribution in [0.5, 0.6) is 0 Å². The monoisotopic (exact) mass is 241 g/mol. The lowest BCUT2D eigenvalue weighted by Gasteiger charge is -2.25. The number of rotatable bonds is 8. The van der Waals surface area contributed by atoms with Crippen molar-refractivity contribution in [2.45, 2.75) is 51.6 Å². The van der Waals surface area contributed by atoms with Crippen LogP contribution in [0, 0.1) is 0 Å². The Labute approximate surface area is 108 Å². The lowest BCUT2D eigenvalue weighted by Crippen LogP contribution is -2.41. The smallest absolute Gasteiger partial charge is 0.0229 e. The van der Waals surface area contributed by atoms with E-state index in [9.17, 15) is 0 Å². The summed E-state index contributed by atoms with van der Waals surface area (Å²) in [7, 11) is 4.40. The summed E-state index contributed by atoms with van der Waals surface area (Å²) in [5, 5.41) is 3.69. The molecule has 1 aliphatic heterocycles. The van der Waals surface area contributed by atoms with E-state index >= 15 is 0 Å². The molecule has 0 spiro atoms. The molecule has 1 rings (SSSR count). The molecule has 1 fully saturated rings. The Kier molecular flexibility index (Phi) is 7.09. The van der Waals surface area contributed by atoms with Gasteiger partial charge in [0, 0.05) is 25.2 Å². The Balaban J connectivity index is 2.29. The van der Waals surface area contributed by atoms with Gasteiger partial charge in [0.25, 0.3) is 0 Å². The molecule has 0 aromatic carbocycles. The molecular weight excluding hydrogens is 210 g/mol. The van der Waals surface area contributed by atoms with E-state index in [0.717, 1.165) is 12.6 Å². The molecule has 0 radical (unpaired) electrons. The summed E-state index contributed by atoms with van der Waals surface area (Å²) in [5.41, 5.74) is 0. The van der Waals surface area contributed by atoms with Crippen molar-refractivity contribution in [1.29, 1.82) is 0 Å². The van der Waals surface area contributed by atoms with Crippen LogP contribution in [0.2, 0.25) is 0 Å². The average molecular weight is 241 g/mol. The van der Waals surface area contributed by atoms with E-state index in [1.165, 1.54) is 45.3 Å². The summed E-state index contributed by atoms with van der Waals surface area (Å²) < 4.78 is 0. The van der Waals surface area contributed by atoms with Crippen molar-refractivity contribution in [3.8, 4) is 0 Å². The highest BCUT2D eigenvalue weighted by atomic mass is 15.2. The normalized spacial score (nSPS) is 23.5. The van der Waals surface area contributed by atoms with E-state index in [1.54, 1.807) is 0 Å². The van der Waals surface area contributed by atoms with Crippen LogP contribution < -0.4 is 5.32 Å². The van der Waals surface area contributed by atoms with Crippen LogP contribution in [-0.2, 0) is 0 Å². The third-order valence-corrected chi connectivity index (χ3v) is 3.78. The van der Waals surface area contributed by atoms with Gasteiger partial charge in [-0.2, -0.15) is 0 Å². The highest BCUT2D eigenvalue weighted by molar-refractivity contribution is 4.83. The predicted octanol–water partition coefficient (Wildman–Crippen LogP) is 1.79. The van der Waals surface area contributed by atoms with Crippen molar-refractivity contribution in [3.63, 3.8) is 0 Å². The van der Waals surface area contributed by atoms with Gasteiger partial charge in [-0.3, -0.25) is 0 Å². The minimum absolute atomic E-state index is 0.695. The fourth-order valence-corrected chi connectivity index (χ4v) is 2.67. The summed E-state index contributed by atoms with van der Waals surface area (Å²) in [6.45, 7) is 9.45. The molecule has 2 atom stereocenters. The van der Waals surface area contributed by atoms with Crippen LogP contribution in [0.4, 0.5) is 0 Å². The Hall–Kier alpha value is -0.120. The maximum absolute atomic E-state index is 3.69. The minimum atomic E-state index is 0.695. The van der Waals surface area contributed by atoms with Crippen LogP contribution in [0.25, 0.3) is 0 Å². The molecule has 1 N–H and O–H groups in total. The van der Waals surface area contributed by atoms with Gasteiger partial charge in [-0.25, -0.2) is 0 Å². The largest absolute Gasteiger partial charge is 0.313 e. The second-order valence-corrected chi connectivity index (χ2v) is 5.61. The first kappa shape index (κ1) is 14.9. The molecule has 1 saturated heterocycles. The van der Waals surface area contributed by atoms with Gasteiger partial charge >= 0.3 is 0 Å². The highest BCUT2D eigenvalue weighted by Gasteiger charge is 2.25. The van der Waals surface area contributed by atoms with Crippen LogP contribution in [0.1, 0.15) is 39.5 Å². The average Bonchev–Trinajstić information content (AvgIpc) is 2.75. The third kappa shape index (κ3) is 5.36. The van der Waals surface area contributed by atoms with Crippen LogP contribution in [0.3, 0.4) is 0 Å². The van der Waals surface area contributed by atoms with E-state index in [4.69, 9.17) is 0 Å². The quantitative estimate of drug-likeness (QED) is 0.699. The van der Waals surface area contributed by atoms with Crippen LogP contribution in [-0.4, -0.2) is 62.2 Å². The first-order chi connectivity index (χ1) is 8.17. The van der Waals surface area contributed by atoms with Gasteiger partial charge in [0.1, 0.15) is 0 Å². The number of hydrogen-bond acceptors (Lipinski definition) is 3. The topological polar surface area (TPSA) is 18.5 Å².